The van der Waals surface area contributed by atoms with Crippen molar-refractivity contribution < 1.29 is 17.0 Å². The van der Waals surface area contributed by atoms with Gasteiger partial charge in [-0.3, -0.25) is 4.18 Å². The van der Waals surface area contributed by atoms with Gasteiger partial charge in [0, 0.05) is 6.10 Å². The summed E-state index contributed by atoms with van der Waals surface area (Å²) in [5, 5.41) is 2.31. The van der Waals surface area contributed by atoms with Crippen molar-refractivity contribution in [3.05, 3.63) is 60.7 Å². The van der Waals surface area contributed by atoms with Gasteiger partial charge in [0.2, 0.25) is 0 Å². The molecule has 0 aliphatic heterocycles. The molecular weight excluding hydrogens is 376 g/mol. The van der Waals surface area contributed by atoms with E-state index in [9.17, 15) is 8.42 Å². The Balaban J connectivity index is 2.43. The standard InChI is InChI=1S/C21H30O4SSi/c1-18(16-17-24-26(5,22)23)25-27(21(2,3)4,19-12-8-6-9-13-19)20-14-10-7-11-15-20/h6-15,18H,16-17H2,1-5H3/t18-/m0/s1. The van der Waals surface area contributed by atoms with Crippen molar-refractivity contribution in [1.82, 2.24) is 0 Å². The van der Waals surface area contributed by atoms with Gasteiger partial charge in [-0.15, -0.1) is 0 Å². The van der Waals surface area contributed by atoms with Crippen LogP contribution in [0.1, 0.15) is 34.1 Å². The molecule has 0 fully saturated rings. The van der Waals surface area contributed by atoms with Crippen molar-refractivity contribution >= 4 is 28.8 Å². The molecule has 2 rings (SSSR count). The fourth-order valence-electron chi connectivity index (χ4n) is 3.42. The number of benzene rings is 2. The maximum atomic E-state index is 11.2. The van der Waals surface area contributed by atoms with Crippen LogP contribution in [0.2, 0.25) is 5.04 Å². The Morgan fingerprint density at radius 2 is 1.37 bits per heavy atom. The minimum absolute atomic E-state index is 0.109. The molecule has 0 unspecified atom stereocenters. The Hall–Kier alpha value is -1.47. The molecule has 148 valence electrons. The SMILES string of the molecule is C[C@@H](CCOS(C)(=O)=O)O[Si](c1ccccc1)(c1ccccc1)C(C)(C)C. The molecule has 0 radical (unpaired) electrons. The number of rotatable bonds is 8. The fourth-order valence-corrected chi connectivity index (χ4v) is 8.55. The van der Waals surface area contributed by atoms with E-state index < -0.39 is 18.4 Å². The minimum Gasteiger partial charge on any atom is -0.405 e. The van der Waals surface area contributed by atoms with Crippen LogP contribution in [0.15, 0.2) is 60.7 Å². The molecule has 0 aliphatic carbocycles. The third-order valence-electron chi connectivity index (χ3n) is 4.62. The molecule has 0 N–H and O–H groups in total. The van der Waals surface area contributed by atoms with E-state index in [1.807, 2.05) is 43.3 Å². The summed E-state index contributed by atoms with van der Waals surface area (Å²) in [7, 11) is -6.05. The Morgan fingerprint density at radius 1 is 0.926 bits per heavy atom. The summed E-state index contributed by atoms with van der Waals surface area (Å²) in [6, 6.07) is 20.8. The molecule has 4 nitrogen and oxygen atoms in total. The lowest BCUT2D eigenvalue weighted by Gasteiger charge is -2.44. The summed E-state index contributed by atoms with van der Waals surface area (Å²) in [6.07, 6.45) is 1.44. The summed E-state index contributed by atoms with van der Waals surface area (Å²) in [4.78, 5) is 0. The Morgan fingerprint density at radius 3 is 1.74 bits per heavy atom. The van der Waals surface area contributed by atoms with Gasteiger partial charge in [0.05, 0.1) is 12.9 Å². The molecule has 2 aromatic rings. The van der Waals surface area contributed by atoms with Crippen molar-refractivity contribution in [2.24, 2.45) is 0 Å². The van der Waals surface area contributed by atoms with E-state index in [-0.39, 0.29) is 17.7 Å². The molecule has 27 heavy (non-hydrogen) atoms. The van der Waals surface area contributed by atoms with Crippen LogP contribution >= 0.6 is 0 Å². The van der Waals surface area contributed by atoms with E-state index in [1.165, 1.54) is 10.4 Å². The molecule has 0 amide bonds. The first kappa shape index (κ1) is 21.8. The van der Waals surface area contributed by atoms with E-state index in [0.717, 1.165) is 6.26 Å². The topological polar surface area (TPSA) is 52.6 Å². The molecular formula is C21H30O4SSi. The van der Waals surface area contributed by atoms with E-state index in [2.05, 4.69) is 45.0 Å². The highest BCUT2D eigenvalue weighted by molar-refractivity contribution is 7.85. The maximum absolute atomic E-state index is 11.2. The molecule has 0 spiro atoms. The summed E-state index contributed by atoms with van der Waals surface area (Å²) in [5.41, 5.74) is 0. The predicted octanol–water partition coefficient (Wildman–Crippen LogP) is 3.32. The molecule has 0 heterocycles. The van der Waals surface area contributed by atoms with Gasteiger partial charge in [0.15, 0.2) is 0 Å². The average molecular weight is 407 g/mol. The van der Waals surface area contributed by atoms with Crippen LogP contribution in [0.25, 0.3) is 0 Å². The first-order valence-electron chi connectivity index (χ1n) is 9.19. The molecule has 0 aliphatic rings. The van der Waals surface area contributed by atoms with Crippen LogP contribution in [-0.2, 0) is 18.7 Å². The van der Waals surface area contributed by atoms with E-state index in [0.29, 0.717) is 6.42 Å². The normalized spacial score (nSPS) is 14.1. The zero-order chi connectivity index (χ0) is 20.1. The van der Waals surface area contributed by atoms with Crippen molar-refractivity contribution in [2.45, 2.75) is 45.3 Å². The zero-order valence-electron chi connectivity index (χ0n) is 16.8. The van der Waals surface area contributed by atoms with Crippen molar-refractivity contribution in [1.29, 1.82) is 0 Å². The van der Waals surface area contributed by atoms with Crippen LogP contribution < -0.4 is 10.4 Å². The lowest BCUT2D eigenvalue weighted by molar-refractivity contribution is 0.169. The van der Waals surface area contributed by atoms with Crippen LogP contribution in [0.4, 0.5) is 0 Å². The average Bonchev–Trinajstić information content (AvgIpc) is 2.59. The monoisotopic (exact) mass is 406 g/mol. The summed E-state index contributed by atoms with van der Waals surface area (Å²) in [6.45, 7) is 8.78. The lowest BCUT2D eigenvalue weighted by Crippen LogP contribution is -2.67. The van der Waals surface area contributed by atoms with Gasteiger partial charge >= 0.3 is 0 Å². The maximum Gasteiger partial charge on any atom is 0.264 e. The summed E-state index contributed by atoms with van der Waals surface area (Å²) in [5.74, 6) is 0. The second kappa shape index (κ2) is 8.69. The number of hydrogen-bond acceptors (Lipinski definition) is 4. The van der Waals surface area contributed by atoms with Crippen LogP contribution in [0.5, 0.6) is 0 Å². The first-order chi connectivity index (χ1) is 12.6. The highest BCUT2D eigenvalue weighted by atomic mass is 32.2. The van der Waals surface area contributed by atoms with Gasteiger partial charge in [-0.25, -0.2) is 0 Å². The molecule has 6 heteroatoms. The molecule has 0 bridgehead atoms. The van der Waals surface area contributed by atoms with Gasteiger partial charge in [-0.2, -0.15) is 8.42 Å². The Bertz CT molecular complexity index is 775. The van der Waals surface area contributed by atoms with Gasteiger partial charge in [0.25, 0.3) is 18.4 Å². The van der Waals surface area contributed by atoms with E-state index >= 15 is 0 Å². The van der Waals surface area contributed by atoms with Gasteiger partial charge in [-0.1, -0.05) is 81.4 Å². The van der Waals surface area contributed by atoms with Gasteiger partial charge in [-0.05, 0) is 28.8 Å². The van der Waals surface area contributed by atoms with E-state index in [4.69, 9.17) is 8.61 Å². The Kier molecular flexibility index (Phi) is 7.02. The van der Waals surface area contributed by atoms with Gasteiger partial charge < -0.3 is 4.43 Å². The summed E-state index contributed by atoms with van der Waals surface area (Å²) >= 11 is 0. The Labute approximate surface area is 164 Å². The predicted molar refractivity (Wildman–Crippen MR) is 114 cm³/mol. The van der Waals surface area contributed by atoms with Gasteiger partial charge in [0.1, 0.15) is 0 Å². The number of hydrogen-bond donors (Lipinski definition) is 0. The third-order valence-corrected chi connectivity index (χ3v) is 10.4. The second-order valence-electron chi connectivity index (χ2n) is 7.91. The molecule has 0 aromatic heterocycles. The largest absolute Gasteiger partial charge is 0.405 e. The quantitative estimate of drug-likeness (QED) is 0.498. The zero-order valence-corrected chi connectivity index (χ0v) is 18.6. The highest BCUT2D eigenvalue weighted by Gasteiger charge is 2.50. The third kappa shape index (κ3) is 5.51. The van der Waals surface area contributed by atoms with Crippen LogP contribution in [0, 0.1) is 0 Å². The molecule has 0 saturated heterocycles. The van der Waals surface area contributed by atoms with Crippen molar-refractivity contribution in [3.8, 4) is 0 Å². The fraction of sp³-hybridized carbons (Fsp3) is 0.429. The van der Waals surface area contributed by atoms with Crippen LogP contribution in [0.3, 0.4) is 0 Å². The second-order valence-corrected chi connectivity index (χ2v) is 13.8. The summed E-state index contributed by atoms with van der Waals surface area (Å²) < 4.78 is 34.3. The lowest BCUT2D eigenvalue weighted by atomic mass is 10.2. The van der Waals surface area contributed by atoms with Crippen molar-refractivity contribution in [2.75, 3.05) is 12.9 Å². The first-order valence-corrected chi connectivity index (χ1v) is 12.9. The molecule has 2 aromatic carbocycles. The van der Waals surface area contributed by atoms with E-state index in [1.54, 1.807) is 0 Å². The highest BCUT2D eigenvalue weighted by Crippen LogP contribution is 2.37. The molecule has 0 saturated carbocycles. The smallest absolute Gasteiger partial charge is 0.264 e. The molecule has 1 atom stereocenters. The minimum atomic E-state index is -3.44. The van der Waals surface area contributed by atoms with Crippen LogP contribution in [-0.4, -0.2) is 35.7 Å². The van der Waals surface area contributed by atoms with Crippen molar-refractivity contribution in [3.63, 3.8) is 0 Å².